The number of aromatic nitrogens is 2. The Bertz CT molecular complexity index is 445. The van der Waals surface area contributed by atoms with Gasteiger partial charge in [0.1, 0.15) is 11.5 Å². The zero-order chi connectivity index (χ0) is 10.1. The minimum Gasteiger partial charge on any atom is -0.384 e. The SMILES string of the molecule is Nc1ccnn1-c1c(Cl)cccc1Cl. The predicted octanol–water partition coefficient (Wildman–Crippen LogP) is 2.76. The molecule has 2 rings (SSSR count). The Kier molecular flexibility index (Phi) is 2.35. The van der Waals surface area contributed by atoms with E-state index < -0.39 is 0 Å². The molecule has 72 valence electrons. The molecule has 0 atom stereocenters. The van der Waals surface area contributed by atoms with Crippen molar-refractivity contribution in [2.45, 2.75) is 0 Å². The number of nitrogen functional groups attached to an aromatic ring is 1. The molecular weight excluding hydrogens is 221 g/mol. The Morgan fingerprint density at radius 2 is 1.79 bits per heavy atom. The van der Waals surface area contributed by atoms with Crippen LogP contribution in [0, 0.1) is 0 Å². The second kappa shape index (κ2) is 3.52. The van der Waals surface area contributed by atoms with Gasteiger partial charge in [0, 0.05) is 6.07 Å². The molecule has 0 amide bonds. The van der Waals surface area contributed by atoms with E-state index in [-0.39, 0.29) is 0 Å². The molecule has 14 heavy (non-hydrogen) atoms. The van der Waals surface area contributed by atoms with Gasteiger partial charge in [-0.05, 0) is 12.1 Å². The lowest BCUT2D eigenvalue weighted by molar-refractivity contribution is 0.892. The summed E-state index contributed by atoms with van der Waals surface area (Å²) in [5, 5.41) is 5.07. The van der Waals surface area contributed by atoms with Gasteiger partial charge in [0.05, 0.1) is 16.2 Å². The van der Waals surface area contributed by atoms with E-state index in [1.807, 2.05) is 0 Å². The van der Waals surface area contributed by atoms with Crippen LogP contribution in [0.5, 0.6) is 0 Å². The second-order valence-corrected chi connectivity index (χ2v) is 3.55. The van der Waals surface area contributed by atoms with E-state index >= 15 is 0 Å². The molecule has 2 aromatic rings. The Labute approximate surface area is 91.0 Å². The molecule has 0 aliphatic rings. The number of anilines is 1. The van der Waals surface area contributed by atoms with Gasteiger partial charge in [-0.25, -0.2) is 4.68 Å². The highest BCUT2D eigenvalue weighted by Crippen LogP contribution is 2.29. The molecule has 0 bridgehead atoms. The first-order valence-corrected chi connectivity index (χ1v) is 4.69. The first-order valence-electron chi connectivity index (χ1n) is 3.94. The lowest BCUT2D eigenvalue weighted by Gasteiger charge is -2.07. The minimum atomic E-state index is 0.500. The lowest BCUT2D eigenvalue weighted by atomic mass is 10.3. The Hall–Kier alpha value is -1.19. The maximum Gasteiger partial charge on any atom is 0.127 e. The van der Waals surface area contributed by atoms with Crippen LogP contribution in [0.25, 0.3) is 5.69 Å². The van der Waals surface area contributed by atoms with Gasteiger partial charge in [-0.1, -0.05) is 29.3 Å². The van der Waals surface area contributed by atoms with Crippen molar-refractivity contribution in [2.24, 2.45) is 0 Å². The van der Waals surface area contributed by atoms with Crippen molar-refractivity contribution in [3.05, 3.63) is 40.5 Å². The van der Waals surface area contributed by atoms with Gasteiger partial charge < -0.3 is 5.73 Å². The standard InChI is InChI=1S/C9H7Cl2N3/c10-6-2-1-3-7(11)9(6)14-8(12)4-5-13-14/h1-5H,12H2. The number of nitrogens with two attached hydrogens (primary N) is 1. The van der Waals surface area contributed by atoms with Gasteiger partial charge in [0.15, 0.2) is 0 Å². The predicted molar refractivity (Wildman–Crippen MR) is 58.0 cm³/mol. The quantitative estimate of drug-likeness (QED) is 0.815. The van der Waals surface area contributed by atoms with E-state index in [9.17, 15) is 0 Å². The van der Waals surface area contributed by atoms with Crippen molar-refractivity contribution in [2.75, 3.05) is 5.73 Å². The summed E-state index contributed by atoms with van der Waals surface area (Å²) in [7, 11) is 0. The molecule has 0 unspecified atom stereocenters. The number of rotatable bonds is 1. The van der Waals surface area contributed by atoms with Crippen LogP contribution in [-0.4, -0.2) is 9.78 Å². The summed E-state index contributed by atoms with van der Waals surface area (Å²) in [5.74, 6) is 0.500. The van der Waals surface area contributed by atoms with Crippen LogP contribution in [-0.2, 0) is 0 Å². The van der Waals surface area contributed by atoms with E-state index in [0.717, 1.165) is 0 Å². The maximum absolute atomic E-state index is 5.99. The summed E-state index contributed by atoms with van der Waals surface area (Å²) in [6.45, 7) is 0. The first kappa shape index (κ1) is 9.37. The van der Waals surface area contributed by atoms with Crippen LogP contribution in [0.1, 0.15) is 0 Å². The van der Waals surface area contributed by atoms with Crippen molar-refractivity contribution in [3.63, 3.8) is 0 Å². The third kappa shape index (κ3) is 1.45. The van der Waals surface area contributed by atoms with Crippen molar-refractivity contribution >= 4 is 29.0 Å². The topological polar surface area (TPSA) is 43.8 Å². The zero-order valence-corrected chi connectivity index (χ0v) is 8.63. The normalized spacial score (nSPS) is 10.4. The minimum absolute atomic E-state index is 0.500. The van der Waals surface area contributed by atoms with Gasteiger partial charge in [0.25, 0.3) is 0 Å². The van der Waals surface area contributed by atoms with Gasteiger partial charge in [-0.15, -0.1) is 0 Å². The Balaban J connectivity index is 2.68. The number of nitrogens with zero attached hydrogens (tertiary/aromatic N) is 2. The molecule has 1 aromatic heterocycles. The van der Waals surface area contributed by atoms with E-state index in [1.54, 1.807) is 30.5 Å². The molecule has 0 saturated heterocycles. The molecule has 0 saturated carbocycles. The van der Waals surface area contributed by atoms with Crippen LogP contribution < -0.4 is 5.73 Å². The smallest absolute Gasteiger partial charge is 0.127 e. The van der Waals surface area contributed by atoms with Crippen molar-refractivity contribution in [3.8, 4) is 5.69 Å². The number of halogens is 2. The lowest BCUT2D eigenvalue weighted by Crippen LogP contribution is -2.02. The van der Waals surface area contributed by atoms with Crippen LogP contribution in [0.3, 0.4) is 0 Å². The average molecular weight is 228 g/mol. The monoisotopic (exact) mass is 227 g/mol. The van der Waals surface area contributed by atoms with E-state index in [0.29, 0.717) is 21.6 Å². The number of benzene rings is 1. The largest absolute Gasteiger partial charge is 0.384 e. The highest BCUT2D eigenvalue weighted by Gasteiger charge is 2.09. The van der Waals surface area contributed by atoms with E-state index in [2.05, 4.69) is 5.10 Å². The molecule has 0 aliphatic carbocycles. The Morgan fingerprint density at radius 1 is 1.14 bits per heavy atom. The maximum atomic E-state index is 5.99. The van der Waals surface area contributed by atoms with Gasteiger partial charge in [-0.2, -0.15) is 5.10 Å². The second-order valence-electron chi connectivity index (χ2n) is 2.74. The summed E-state index contributed by atoms with van der Waals surface area (Å²) < 4.78 is 1.50. The van der Waals surface area contributed by atoms with E-state index in [4.69, 9.17) is 28.9 Å². The fourth-order valence-corrected chi connectivity index (χ4v) is 1.75. The summed E-state index contributed by atoms with van der Waals surface area (Å²) in [6.07, 6.45) is 1.59. The van der Waals surface area contributed by atoms with Crippen molar-refractivity contribution in [1.29, 1.82) is 0 Å². The molecule has 2 N–H and O–H groups in total. The van der Waals surface area contributed by atoms with Gasteiger partial charge in [-0.3, -0.25) is 0 Å². The van der Waals surface area contributed by atoms with Crippen molar-refractivity contribution in [1.82, 2.24) is 9.78 Å². The highest BCUT2D eigenvalue weighted by molar-refractivity contribution is 6.37. The fraction of sp³-hybridized carbons (Fsp3) is 0. The number of hydrogen-bond donors (Lipinski definition) is 1. The average Bonchev–Trinajstić information content (AvgIpc) is 2.52. The molecule has 1 heterocycles. The van der Waals surface area contributed by atoms with Crippen LogP contribution >= 0.6 is 23.2 Å². The Morgan fingerprint density at radius 3 is 2.29 bits per heavy atom. The molecule has 1 aromatic carbocycles. The molecule has 0 aliphatic heterocycles. The van der Waals surface area contributed by atoms with Crippen LogP contribution in [0.4, 0.5) is 5.82 Å². The van der Waals surface area contributed by atoms with Gasteiger partial charge >= 0.3 is 0 Å². The molecule has 5 heteroatoms. The van der Waals surface area contributed by atoms with Crippen LogP contribution in [0.2, 0.25) is 10.0 Å². The molecule has 0 fully saturated rings. The van der Waals surface area contributed by atoms with Gasteiger partial charge in [0.2, 0.25) is 0 Å². The number of hydrogen-bond acceptors (Lipinski definition) is 2. The molecule has 0 radical (unpaired) electrons. The van der Waals surface area contributed by atoms with E-state index in [1.165, 1.54) is 4.68 Å². The molecule has 0 spiro atoms. The summed E-state index contributed by atoms with van der Waals surface area (Å²) >= 11 is 12.0. The molecule has 3 nitrogen and oxygen atoms in total. The third-order valence-corrected chi connectivity index (χ3v) is 2.43. The zero-order valence-electron chi connectivity index (χ0n) is 7.11. The fourth-order valence-electron chi connectivity index (χ4n) is 1.19. The molecular formula is C9H7Cl2N3. The van der Waals surface area contributed by atoms with Crippen molar-refractivity contribution < 1.29 is 0 Å². The first-order chi connectivity index (χ1) is 6.70. The summed E-state index contributed by atoms with van der Waals surface area (Å²) in [6, 6.07) is 6.93. The highest BCUT2D eigenvalue weighted by atomic mass is 35.5. The number of para-hydroxylation sites is 1. The summed E-state index contributed by atoms with van der Waals surface area (Å²) in [5.41, 5.74) is 6.30. The summed E-state index contributed by atoms with van der Waals surface area (Å²) in [4.78, 5) is 0. The van der Waals surface area contributed by atoms with Crippen LogP contribution in [0.15, 0.2) is 30.5 Å². The third-order valence-electron chi connectivity index (χ3n) is 1.82.